The summed E-state index contributed by atoms with van der Waals surface area (Å²) in [5.41, 5.74) is 0.318. The molecule has 2 aromatic rings. The highest BCUT2D eigenvalue weighted by atomic mass is 32.1. The lowest BCUT2D eigenvalue weighted by Crippen LogP contribution is -2.17. The van der Waals surface area contributed by atoms with Gasteiger partial charge in [0.05, 0.1) is 17.1 Å². The summed E-state index contributed by atoms with van der Waals surface area (Å²) in [5.74, 6) is -1.36. The van der Waals surface area contributed by atoms with Crippen molar-refractivity contribution in [3.05, 3.63) is 37.6 Å². The van der Waals surface area contributed by atoms with E-state index >= 15 is 0 Å². The van der Waals surface area contributed by atoms with Crippen molar-refractivity contribution in [2.75, 3.05) is 11.9 Å². The largest absolute Gasteiger partial charge is 0.462 e. The lowest BCUT2D eigenvalue weighted by molar-refractivity contribution is -0.386. The summed E-state index contributed by atoms with van der Waals surface area (Å²) in [6.07, 6.45) is 3.53. The highest BCUT2D eigenvalue weighted by molar-refractivity contribution is 7.17. The van der Waals surface area contributed by atoms with Gasteiger partial charge in [0.2, 0.25) is 11.5 Å². The number of anilines is 1. The standard InChI is InChI=1S/C16H17N3O6S/c1-3-24-16(21)11-9-6-4-5-7-10(9)26-15(11)17-14(20)12-13(19(22)23)8(2)25-18-12/h3-7H2,1-2H3,(H,17,20). The fourth-order valence-corrected chi connectivity index (χ4v) is 4.24. The van der Waals surface area contributed by atoms with E-state index in [1.807, 2.05) is 0 Å². The van der Waals surface area contributed by atoms with Gasteiger partial charge in [-0.15, -0.1) is 11.3 Å². The number of esters is 1. The van der Waals surface area contributed by atoms with Crippen LogP contribution in [0.3, 0.4) is 0 Å². The molecule has 1 aliphatic rings. The minimum absolute atomic E-state index is 0.0590. The van der Waals surface area contributed by atoms with Gasteiger partial charge in [0.15, 0.2) is 0 Å². The SMILES string of the molecule is CCOC(=O)c1c(NC(=O)c2noc(C)c2[N+](=O)[O-])sc2c1CCCC2. The number of aromatic nitrogens is 1. The molecule has 0 aromatic carbocycles. The van der Waals surface area contributed by atoms with Crippen molar-refractivity contribution >= 4 is 33.9 Å². The van der Waals surface area contributed by atoms with E-state index in [9.17, 15) is 19.7 Å². The average Bonchev–Trinajstić information content (AvgIpc) is 3.15. The van der Waals surface area contributed by atoms with Crippen molar-refractivity contribution in [3.8, 4) is 0 Å². The third kappa shape index (κ3) is 3.19. The molecule has 0 spiro atoms. The van der Waals surface area contributed by atoms with Gasteiger partial charge in [-0.3, -0.25) is 14.9 Å². The van der Waals surface area contributed by atoms with Gasteiger partial charge in [-0.05, 0) is 38.2 Å². The summed E-state index contributed by atoms with van der Waals surface area (Å²) in [7, 11) is 0. The van der Waals surface area contributed by atoms with Gasteiger partial charge in [0, 0.05) is 11.8 Å². The Morgan fingerprint density at radius 2 is 2.12 bits per heavy atom. The summed E-state index contributed by atoms with van der Waals surface area (Å²) in [5, 5.41) is 17.5. The number of hydrogen-bond donors (Lipinski definition) is 1. The molecule has 3 rings (SSSR count). The van der Waals surface area contributed by atoms with Gasteiger partial charge >= 0.3 is 11.7 Å². The van der Waals surface area contributed by atoms with Crippen molar-refractivity contribution in [2.45, 2.75) is 39.5 Å². The Morgan fingerprint density at radius 1 is 1.38 bits per heavy atom. The number of amides is 1. The van der Waals surface area contributed by atoms with Crippen LogP contribution in [0.4, 0.5) is 10.7 Å². The number of ether oxygens (including phenoxy) is 1. The van der Waals surface area contributed by atoms with E-state index in [0.717, 1.165) is 36.1 Å². The van der Waals surface area contributed by atoms with Crippen molar-refractivity contribution in [1.82, 2.24) is 5.16 Å². The summed E-state index contributed by atoms with van der Waals surface area (Å²) < 4.78 is 9.89. The monoisotopic (exact) mass is 379 g/mol. The lowest BCUT2D eigenvalue weighted by Gasteiger charge is -2.12. The number of carbonyl (C=O) groups excluding carboxylic acids is 2. The van der Waals surface area contributed by atoms with Crippen LogP contribution in [0.15, 0.2) is 4.52 Å². The van der Waals surface area contributed by atoms with Crippen LogP contribution in [0.25, 0.3) is 0 Å². The Bertz CT molecular complexity index is 885. The van der Waals surface area contributed by atoms with E-state index in [2.05, 4.69) is 10.5 Å². The molecule has 0 radical (unpaired) electrons. The molecule has 1 aliphatic carbocycles. The average molecular weight is 379 g/mol. The second kappa shape index (κ2) is 7.24. The molecule has 0 saturated heterocycles. The van der Waals surface area contributed by atoms with E-state index in [1.54, 1.807) is 6.92 Å². The van der Waals surface area contributed by atoms with Crippen LogP contribution >= 0.6 is 11.3 Å². The van der Waals surface area contributed by atoms with E-state index in [-0.39, 0.29) is 12.4 Å². The highest BCUT2D eigenvalue weighted by Gasteiger charge is 2.32. The third-order valence-electron chi connectivity index (χ3n) is 4.11. The number of aryl methyl sites for hydroxylation is 2. The van der Waals surface area contributed by atoms with Crippen LogP contribution in [0.5, 0.6) is 0 Å². The number of carbonyl (C=O) groups is 2. The molecule has 26 heavy (non-hydrogen) atoms. The quantitative estimate of drug-likeness (QED) is 0.480. The van der Waals surface area contributed by atoms with Gasteiger partial charge < -0.3 is 14.6 Å². The normalized spacial score (nSPS) is 13.2. The minimum atomic E-state index is -0.794. The smallest absolute Gasteiger partial charge is 0.344 e. The zero-order valence-electron chi connectivity index (χ0n) is 14.3. The maximum Gasteiger partial charge on any atom is 0.344 e. The summed E-state index contributed by atoms with van der Waals surface area (Å²) >= 11 is 1.30. The third-order valence-corrected chi connectivity index (χ3v) is 5.31. The molecular formula is C16H17N3O6S. The van der Waals surface area contributed by atoms with Gasteiger partial charge in [-0.1, -0.05) is 5.16 Å². The molecular weight excluding hydrogens is 362 g/mol. The molecule has 0 bridgehead atoms. The first-order chi connectivity index (χ1) is 12.4. The molecule has 10 heteroatoms. The number of fused-ring (bicyclic) bond motifs is 1. The van der Waals surface area contributed by atoms with Gasteiger partial charge in [-0.2, -0.15) is 0 Å². The fourth-order valence-electron chi connectivity index (χ4n) is 2.97. The number of rotatable bonds is 5. The first kappa shape index (κ1) is 18.1. The second-order valence-corrected chi connectivity index (χ2v) is 6.89. The minimum Gasteiger partial charge on any atom is -0.462 e. The molecule has 0 aliphatic heterocycles. The van der Waals surface area contributed by atoms with E-state index in [1.165, 1.54) is 18.3 Å². The predicted molar refractivity (Wildman–Crippen MR) is 92.8 cm³/mol. The summed E-state index contributed by atoms with van der Waals surface area (Å²) in [6.45, 7) is 3.27. The molecule has 1 N–H and O–H groups in total. The van der Waals surface area contributed by atoms with E-state index in [0.29, 0.717) is 10.6 Å². The maximum atomic E-state index is 12.5. The lowest BCUT2D eigenvalue weighted by atomic mass is 9.95. The molecule has 2 heterocycles. The van der Waals surface area contributed by atoms with Crippen LogP contribution in [-0.4, -0.2) is 28.6 Å². The molecule has 9 nitrogen and oxygen atoms in total. The first-order valence-corrected chi connectivity index (χ1v) is 8.99. The van der Waals surface area contributed by atoms with Crippen molar-refractivity contribution < 1.29 is 23.8 Å². The summed E-state index contributed by atoms with van der Waals surface area (Å²) in [4.78, 5) is 36.3. The second-order valence-electron chi connectivity index (χ2n) is 5.78. The Balaban J connectivity index is 1.97. The number of hydrogen-bond acceptors (Lipinski definition) is 8. The number of nitrogens with one attached hydrogen (secondary N) is 1. The van der Waals surface area contributed by atoms with Crippen molar-refractivity contribution in [3.63, 3.8) is 0 Å². The van der Waals surface area contributed by atoms with Gasteiger partial charge in [-0.25, -0.2) is 4.79 Å². The Morgan fingerprint density at radius 3 is 2.81 bits per heavy atom. The van der Waals surface area contributed by atoms with E-state index in [4.69, 9.17) is 9.26 Å². The number of nitrogens with zero attached hydrogens (tertiary/aromatic N) is 2. The molecule has 0 saturated carbocycles. The fraction of sp³-hybridized carbons (Fsp3) is 0.438. The topological polar surface area (TPSA) is 125 Å². The van der Waals surface area contributed by atoms with Crippen LogP contribution in [-0.2, 0) is 17.6 Å². The van der Waals surface area contributed by atoms with Crippen molar-refractivity contribution in [1.29, 1.82) is 0 Å². The van der Waals surface area contributed by atoms with Crippen molar-refractivity contribution in [2.24, 2.45) is 0 Å². The van der Waals surface area contributed by atoms with Gasteiger partial charge in [0.25, 0.3) is 5.91 Å². The number of nitro groups is 1. The Hall–Kier alpha value is -2.75. The molecule has 2 aromatic heterocycles. The first-order valence-electron chi connectivity index (χ1n) is 8.17. The molecule has 0 unspecified atom stereocenters. The zero-order valence-corrected chi connectivity index (χ0v) is 15.1. The molecule has 138 valence electrons. The zero-order chi connectivity index (χ0) is 18.8. The van der Waals surface area contributed by atoms with Gasteiger partial charge in [0.1, 0.15) is 5.00 Å². The number of thiophene rings is 1. The summed E-state index contributed by atoms with van der Waals surface area (Å²) in [6, 6.07) is 0. The van der Waals surface area contributed by atoms with E-state index < -0.39 is 28.2 Å². The van der Waals surface area contributed by atoms with Crippen LogP contribution in [0.1, 0.15) is 56.8 Å². The Kier molecular flexibility index (Phi) is 5.03. The molecule has 0 fully saturated rings. The highest BCUT2D eigenvalue weighted by Crippen LogP contribution is 2.39. The predicted octanol–water partition coefficient (Wildman–Crippen LogP) is 3.26. The maximum absolute atomic E-state index is 12.5. The van der Waals surface area contributed by atoms with Crippen LogP contribution in [0, 0.1) is 17.0 Å². The molecule has 1 amide bonds. The molecule has 0 atom stereocenters. The Labute approximate surface area is 152 Å². The van der Waals surface area contributed by atoms with Crippen LogP contribution < -0.4 is 5.32 Å². The van der Waals surface area contributed by atoms with Crippen LogP contribution in [0.2, 0.25) is 0 Å².